The molecule has 0 bridgehead atoms. The van der Waals surface area contributed by atoms with Crippen LogP contribution in [0.1, 0.15) is 17.2 Å². The van der Waals surface area contributed by atoms with Gasteiger partial charge in [-0.05, 0) is 24.6 Å². The fraction of sp³-hybridized carbons (Fsp3) is 0.133. The minimum Gasteiger partial charge on any atom is -0.478 e. The maximum atomic E-state index is 13.6. The van der Waals surface area contributed by atoms with Crippen molar-refractivity contribution in [3.63, 3.8) is 0 Å². The molecular formula is C15H13FO3. The van der Waals surface area contributed by atoms with Gasteiger partial charge in [-0.15, -0.1) is 0 Å². The summed E-state index contributed by atoms with van der Waals surface area (Å²) >= 11 is 0. The molecule has 0 saturated heterocycles. The lowest BCUT2D eigenvalue weighted by molar-refractivity contribution is -0.145. The molecular weight excluding hydrogens is 247 g/mol. The first-order valence-corrected chi connectivity index (χ1v) is 5.78. The fourth-order valence-corrected chi connectivity index (χ4v) is 1.72. The Balaban J connectivity index is 2.32. The van der Waals surface area contributed by atoms with Crippen molar-refractivity contribution in [3.8, 4) is 5.75 Å². The molecule has 2 aromatic rings. The number of carboxylic acids is 1. The van der Waals surface area contributed by atoms with Crippen LogP contribution in [-0.4, -0.2) is 11.1 Å². The molecule has 2 aromatic carbocycles. The summed E-state index contributed by atoms with van der Waals surface area (Å²) in [6.07, 6.45) is -1.22. The molecule has 19 heavy (non-hydrogen) atoms. The van der Waals surface area contributed by atoms with E-state index in [1.165, 1.54) is 12.1 Å². The zero-order valence-corrected chi connectivity index (χ0v) is 10.3. The third kappa shape index (κ3) is 3.10. The molecule has 1 unspecified atom stereocenters. The SMILES string of the molecule is Cc1ccc(F)c(OC(C(=O)O)c2ccccc2)c1. The summed E-state index contributed by atoms with van der Waals surface area (Å²) in [7, 11) is 0. The standard InChI is InChI=1S/C15H13FO3/c1-10-7-8-12(16)13(9-10)19-14(15(17)18)11-5-3-2-4-6-11/h2-9,14H,1H3,(H,17,18). The topological polar surface area (TPSA) is 46.5 Å². The van der Waals surface area contributed by atoms with Crippen LogP contribution in [-0.2, 0) is 4.79 Å². The van der Waals surface area contributed by atoms with Gasteiger partial charge in [0.05, 0.1) is 0 Å². The van der Waals surface area contributed by atoms with Crippen LogP contribution < -0.4 is 4.74 Å². The van der Waals surface area contributed by atoms with Crippen molar-refractivity contribution >= 4 is 5.97 Å². The Morgan fingerprint density at radius 2 is 1.89 bits per heavy atom. The summed E-state index contributed by atoms with van der Waals surface area (Å²) in [6, 6.07) is 12.8. The van der Waals surface area contributed by atoms with E-state index in [1.54, 1.807) is 43.3 Å². The summed E-state index contributed by atoms with van der Waals surface area (Å²) in [5.74, 6) is -1.80. The minimum absolute atomic E-state index is 0.0590. The van der Waals surface area contributed by atoms with E-state index in [0.29, 0.717) is 5.56 Å². The molecule has 1 N–H and O–H groups in total. The van der Waals surface area contributed by atoms with Crippen molar-refractivity contribution in [1.29, 1.82) is 0 Å². The van der Waals surface area contributed by atoms with E-state index < -0.39 is 17.9 Å². The van der Waals surface area contributed by atoms with Crippen LogP contribution in [0.15, 0.2) is 48.5 Å². The Kier molecular flexibility index (Phi) is 3.80. The maximum absolute atomic E-state index is 13.6. The lowest BCUT2D eigenvalue weighted by atomic mass is 10.1. The first-order chi connectivity index (χ1) is 9.08. The molecule has 0 aliphatic heterocycles. The Labute approximate surface area is 110 Å². The normalized spacial score (nSPS) is 11.9. The predicted molar refractivity (Wildman–Crippen MR) is 68.6 cm³/mol. The first kappa shape index (κ1) is 13.1. The number of ether oxygens (including phenoxy) is 1. The number of aliphatic carboxylic acids is 1. The lowest BCUT2D eigenvalue weighted by Gasteiger charge is -2.16. The summed E-state index contributed by atoms with van der Waals surface area (Å²) in [6.45, 7) is 1.78. The van der Waals surface area contributed by atoms with E-state index in [9.17, 15) is 14.3 Å². The molecule has 4 heteroatoms. The Bertz CT molecular complexity index is 581. The summed E-state index contributed by atoms with van der Waals surface area (Å²) in [5.41, 5.74) is 1.27. The summed E-state index contributed by atoms with van der Waals surface area (Å²) in [4.78, 5) is 11.3. The second-order valence-corrected chi connectivity index (χ2v) is 4.18. The van der Waals surface area contributed by atoms with E-state index in [0.717, 1.165) is 5.56 Å². The van der Waals surface area contributed by atoms with Gasteiger partial charge in [0.2, 0.25) is 6.10 Å². The van der Waals surface area contributed by atoms with Crippen molar-refractivity contribution < 1.29 is 19.0 Å². The average molecular weight is 260 g/mol. The zero-order valence-electron chi connectivity index (χ0n) is 10.3. The van der Waals surface area contributed by atoms with Gasteiger partial charge in [-0.25, -0.2) is 9.18 Å². The molecule has 0 aliphatic rings. The third-order valence-corrected chi connectivity index (χ3v) is 2.66. The Hall–Kier alpha value is -2.36. The van der Waals surface area contributed by atoms with E-state index in [2.05, 4.69) is 0 Å². The number of aryl methyl sites for hydroxylation is 1. The third-order valence-electron chi connectivity index (χ3n) is 2.66. The van der Waals surface area contributed by atoms with Crippen LogP contribution in [0.2, 0.25) is 0 Å². The molecule has 0 radical (unpaired) electrons. The molecule has 0 aliphatic carbocycles. The highest BCUT2D eigenvalue weighted by Crippen LogP contribution is 2.25. The van der Waals surface area contributed by atoms with Crippen molar-refractivity contribution in [3.05, 3.63) is 65.5 Å². The smallest absolute Gasteiger partial charge is 0.349 e. The van der Waals surface area contributed by atoms with Crippen LogP contribution >= 0.6 is 0 Å². The van der Waals surface area contributed by atoms with Crippen LogP contribution in [0, 0.1) is 12.7 Å². The number of benzene rings is 2. The lowest BCUT2D eigenvalue weighted by Crippen LogP contribution is -2.18. The minimum atomic E-state index is -1.22. The second kappa shape index (κ2) is 5.52. The largest absolute Gasteiger partial charge is 0.478 e. The quantitative estimate of drug-likeness (QED) is 0.917. The Morgan fingerprint density at radius 3 is 2.53 bits per heavy atom. The number of carboxylic acid groups (broad SMARTS) is 1. The molecule has 0 amide bonds. The number of carbonyl (C=O) groups is 1. The van der Waals surface area contributed by atoms with Gasteiger partial charge in [-0.1, -0.05) is 36.4 Å². The van der Waals surface area contributed by atoms with Crippen LogP contribution in [0.3, 0.4) is 0 Å². The van der Waals surface area contributed by atoms with Gasteiger partial charge in [0.25, 0.3) is 0 Å². The van der Waals surface area contributed by atoms with Crippen molar-refractivity contribution in [2.75, 3.05) is 0 Å². The van der Waals surface area contributed by atoms with Crippen LogP contribution in [0.5, 0.6) is 5.75 Å². The van der Waals surface area contributed by atoms with E-state index >= 15 is 0 Å². The monoisotopic (exact) mass is 260 g/mol. The predicted octanol–water partition coefficient (Wildman–Crippen LogP) is 3.34. The number of hydrogen-bond acceptors (Lipinski definition) is 2. The van der Waals surface area contributed by atoms with Gasteiger partial charge < -0.3 is 9.84 Å². The van der Waals surface area contributed by atoms with Gasteiger partial charge in [0.15, 0.2) is 11.6 Å². The van der Waals surface area contributed by atoms with Gasteiger partial charge in [0.1, 0.15) is 0 Å². The van der Waals surface area contributed by atoms with Gasteiger partial charge >= 0.3 is 5.97 Å². The highest BCUT2D eigenvalue weighted by atomic mass is 19.1. The van der Waals surface area contributed by atoms with Crippen molar-refractivity contribution in [2.24, 2.45) is 0 Å². The zero-order chi connectivity index (χ0) is 13.8. The Morgan fingerprint density at radius 1 is 1.21 bits per heavy atom. The first-order valence-electron chi connectivity index (χ1n) is 5.78. The molecule has 3 nitrogen and oxygen atoms in total. The molecule has 2 rings (SSSR count). The maximum Gasteiger partial charge on any atom is 0.349 e. The summed E-state index contributed by atoms with van der Waals surface area (Å²) < 4.78 is 18.9. The molecule has 0 heterocycles. The van der Waals surface area contributed by atoms with E-state index in [4.69, 9.17) is 4.74 Å². The summed E-state index contributed by atoms with van der Waals surface area (Å²) in [5, 5.41) is 9.20. The molecule has 0 fully saturated rings. The molecule has 0 spiro atoms. The van der Waals surface area contributed by atoms with Gasteiger partial charge in [0, 0.05) is 5.56 Å². The van der Waals surface area contributed by atoms with Crippen molar-refractivity contribution in [2.45, 2.75) is 13.0 Å². The molecule has 1 atom stereocenters. The molecule has 0 aromatic heterocycles. The van der Waals surface area contributed by atoms with Crippen molar-refractivity contribution in [1.82, 2.24) is 0 Å². The number of rotatable bonds is 4. The number of halogens is 1. The highest BCUT2D eigenvalue weighted by Gasteiger charge is 2.22. The fourth-order valence-electron chi connectivity index (χ4n) is 1.72. The van der Waals surface area contributed by atoms with Gasteiger partial charge in [-0.2, -0.15) is 0 Å². The second-order valence-electron chi connectivity index (χ2n) is 4.18. The molecule has 0 saturated carbocycles. The van der Waals surface area contributed by atoms with Crippen LogP contribution in [0.25, 0.3) is 0 Å². The van der Waals surface area contributed by atoms with Crippen LogP contribution in [0.4, 0.5) is 4.39 Å². The van der Waals surface area contributed by atoms with E-state index in [-0.39, 0.29) is 5.75 Å². The van der Waals surface area contributed by atoms with E-state index in [1.807, 2.05) is 0 Å². The molecule has 98 valence electrons. The highest BCUT2D eigenvalue weighted by molar-refractivity contribution is 5.74. The average Bonchev–Trinajstić information content (AvgIpc) is 2.40. The van der Waals surface area contributed by atoms with Gasteiger partial charge in [-0.3, -0.25) is 0 Å². The number of hydrogen-bond donors (Lipinski definition) is 1.